The molecule has 0 heterocycles. The molecule has 2 rings (SSSR count). The number of hydrogen-bond donors (Lipinski definition) is 1. The normalized spacial score (nSPS) is 31.1. The van der Waals surface area contributed by atoms with E-state index in [9.17, 15) is 4.79 Å². The van der Waals surface area contributed by atoms with Gasteiger partial charge in [-0.15, -0.1) is 0 Å². The molecule has 0 amide bonds. The van der Waals surface area contributed by atoms with Crippen molar-refractivity contribution in [3.05, 3.63) is 0 Å². The zero-order chi connectivity index (χ0) is 12.1. The van der Waals surface area contributed by atoms with Crippen molar-refractivity contribution < 1.29 is 9.53 Å². The largest absolute Gasteiger partial charge is 0.462 e. The lowest BCUT2D eigenvalue weighted by atomic mass is 9.82. The first kappa shape index (κ1) is 12.9. The topological polar surface area (TPSA) is 52.3 Å². The van der Waals surface area contributed by atoms with Crippen LogP contribution in [0.3, 0.4) is 0 Å². The van der Waals surface area contributed by atoms with Gasteiger partial charge in [0.15, 0.2) is 0 Å². The molecular formula is C14H25NO2. The summed E-state index contributed by atoms with van der Waals surface area (Å²) in [5, 5.41) is 0. The third-order valence-corrected chi connectivity index (χ3v) is 4.35. The average Bonchev–Trinajstić information content (AvgIpc) is 2.40. The highest BCUT2D eigenvalue weighted by Gasteiger charge is 2.28. The van der Waals surface area contributed by atoms with Gasteiger partial charge in [-0.1, -0.05) is 6.42 Å². The van der Waals surface area contributed by atoms with Crippen molar-refractivity contribution in [1.29, 1.82) is 0 Å². The zero-order valence-corrected chi connectivity index (χ0v) is 10.7. The molecule has 3 heteroatoms. The van der Waals surface area contributed by atoms with E-state index < -0.39 is 0 Å². The van der Waals surface area contributed by atoms with Crippen molar-refractivity contribution >= 4 is 5.97 Å². The van der Waals surface area contributed by atoms with Gasteiger partial charge < -0.3 is 10.5 Å². The molecule has 98 valence electrons. The molecule has 17 heavy (non-hydrogen) atoms. The number of hydrogen-bond acceptors (Lipinski definition) is 3. The Hall–Kier alpha value is -0.570. The van der Waals surface area contributed by atoms with Gasteiger partial charge in [-0.05, 0) is 63.8 Å². The quantitative estimate of drug-likeness (QED) is 0.770. The van der Waals surface area contributed by atoms with Gasteiger partial charge >= 0.3 is 5.97 Å². The Morgan fingerprint density at radius 2 is 1.65 bits per heavy atom. The van der Waals surface area contributed by atoms with E-state index in [1.165, 1.54) is 19.3 Å². The first-order valence-electron chi connectivity index (χ1n) is 7.20. The van der Waals surface area contributed by atoms with E-state index in [4.69, 9.17) is 10.5 Å². The van der Waals surface area contributed by atoms with Crippen molar-refractivity contribution in [2.75, 3.05) is 6.54 Å². The van der Waals surface area contributed by atoms with E-state index in [0.29, 0.717) is 5.92 Å². The molecular weight excluding hydrogens is 214 g/mol. The Morgan fingerprint density at radius 3 is 2.24 bits per heavy atom. The zero-order valence-electron chi connectivity index (χ0n) is 10.7. The number of esters is 1. The second kappa shape index (κ2) is 6.39. The second-order valence-corrected chi connectivity index (χ2v) is 5.65. The third kappa shape index (κ3) is 3.70. The summed E-state index contributed by atoms with van der Waals surface area (Å²) in [4.78, 5) is 12.0. The van der Waals surface area contributed by atoms with E-state index >= 15 is 0 Å². The average molecular weight is 239 g/mol. The molecule has 2 N–H and O–H groups in total. The molecule has 0 bridgehead atoms. The Morgan fingerprint density at radius 1 is 1.00 bits per heavy atom. The van der Waals surface area contributed by atoms with Crippen LogP contribution in [-0.2, 0) is 9.53 Å². The Kier molecular flexibility index (Phi) is 4.84. The van der Waals surface area contributed by atoms with Crippen LogP contribution in [0.4, 0.5) is 0 Å². The van der Waals surface area contributed by atoms with Gasteiger partial charge in [0.2, 0.25) is 0 Å². The molecule has 2 aliphatic carbocycles. The molecule has 2 aliphatic rings. The van der Waals surface area contributed by atoms with Crippen LogP contribution in [0.5, 0.6) is 0 Å². The van der Waals surface area contributed by atoms with Crippen molar-refractivity contribution in [2.24, 2.45) is 17.6 Å². The summed E-state index contributed by atoms with van der Waals surface area (Å²) in [5.74, 6) is 0.848. The van der Waals surface area contributed by atoms with Gasteiger partial charge in [0.1, 0.15) is 6.10 Å². The standard InChI is InChI=1S/C14H25NO2/c15-10-11-6-8-12(9-7-11)14(16)17-13-4-2-1-3-5-13/h11-13H,1-10,15H2. The highest BCUT2D eigenvalue weighted by Crippen LogP contribution is 2.30. The van der Waals surface area contributed by atoms with Crippen LogP contribution in [0, 0.1) is 11.8 Å². The highest BCUT2D eigenvalue weighted by molar-refractivity contribution is 5.72. The molecule has 0 spiro atoms. The fourth-order valence-corrected chi connectivity index (χ4v) is 3.08. The predicted molar refractivity (Wildman–Crippen MR) is 67.5 cm³/mol. The van der Waals surface area contributed by atoms with Crippen LogP contribution >= 0.6 is 0 Å². The van der Waals surface area contributed by atoms with E-state index in [1.807, 2.05) is 0 Å². The molecule has 3 nitrogen and oxygen atoms in total. The minimum Gasteiger partial charge on any atom is -0.462 e. The van der Waals surface area contributed by atoms with Crippen LogP contribution in [0.25, 0.3) is 0 Å². The molecule has 2 fully saturated rings. The van der Waals surface area contributed by atoms with Crippen LogP contribution in [-0.4, -0.2) is 18.6 Å². The molecule has 0 aliphatic heterocycles. The molecule has 0 aromatic rings. The molecule has 0 saturated heterocycles. The molecule has 0 aromatic carbocycles. The summed E-state index contributed by atoms with van der Waals surface area (Å²) < 4.78 is 5.63. The molecule has 0 atom stereocenters. The summed E-state index contributed by atoms with van der Waals surface area (Å²) >= 11 is 0. The van der Waals surface area contributed by atoms with Crippen LogP contribution < -0.4 is 5.73 Å². The van der Waals surface area contributed by atoms with Gasteiger partial charge in [-0.25, -0.2) is 0 Å². The lowest BCUT2D eigenvalue weighted by Crippen LogP contribution is -2.30. The summed E-state index contributed by atoms with van der Waals surface area (Å²) in [6, 6.07) is 0. The number of carbonyl (C=O) groups is 1. The Balaban J connectivity index is 1.72. The lowest BCUT2D eigenvalue weighted by molar-refractivity contribution is -0.157. The van der Waals surface area contributed by atoms with Crippen molar-refractivity contribution in [3.8, 4) is 0 Å². The maximum Gasteiger partial charge on any atom is 0.309 e. The number of ether oxygens (including phenoxy) is 1. The van der Waals surface area contributed by atoms with Gasteiger partial charge in [-0.3, -0.25) is 4.79 Å². The Labute approximate surface area is 104 Å². The van der Waals surface area contributed by atoms with Crippen LogP contribution in [0.1, 0.15) is 57.8 Å². The summed E-state index contributed by atoms with van der Waals surface area (Å²) in [6.45, 7) is 0.768. The monoisotopic (exact) mass is 239 g/mol. The highest BCUT2D eigenvalue weighted by atomic mass is 16.5. The smallest absolute Gasteiger partial charge is 0.309 e. The molecule has 0 aromatic heterocycles. The van der Waals surface area contributed by atoms with Crippen LogP contribution in [0.15, 0.2) is 0 Å². The van der Waals surface area contributed by atoms with Crippen molar-refractivity contribution in [3.63, 3.8) is 0 Å². The molecule has 0 unspecified atom stereocenters. The third-order valence-electron chi connectivity index (χ3n) is 4.35. The fourth-order valence-electron chi connectivity index (χ4n) is 3.08. The second-order valence-electron chi connectivity index (χ2n) is 5.65. The fraction of sp³-hybridized carbons (Fsp3) is 0.929. The first-order valence-corrected chi connectivity index (χ1v) is 7.20. The van der Waals surface area contributed by atoms with E-state index in [-0.39, 0.29) is 18.0 Å². The van der Waals surface area contributed by atoms with Crippen molar-refractivity contribution in [2.45, 2.75) is 63.9 Å². The number of rotatable bonds is 3. The van der Waals surface area contributed by atoms with Gasteiger partial charge in [0.05, 0.1) is 5.92 Å². The van der Waals surface area contributed by atoms with E-state index in [0.717, 1.165) is 45.1 Å². The molecule has 0 radical (unpaired) electrons. The molecule has 2 saturated carbocycles. The summed E-state index contributed by atoms with van der Waals surface area (Å²) in [7, 11) is 0. The van der Waals surface area contributed by atoms with Crippen LogP contribution in [0.2, 0.25) is 0 Å². The minimum atomic E-state index is 0.0624. The van der Waals surface area contributed by atoms with Gasteiger partial charge in [0.25, 0.3) is 0 Å². The summed E-state index contributed by atoms with van der Waals surface area (Å²) in [5.41, 5.74) is 5.66. The Bertz CT molecular complexity index is 241. The maximum absolute atomic E-state index is 12.0. The summed E-state index contributed by atoms with van der Waals surface area (Å²) in [6.07, 6.45) is 10.3. The SMILES string of the molecule is NCC1CCC(C(=O)OC2CCCCC2)CC1. The lowest BCUT2D eigenvalue weighted by Gasteiger charge is -2.29. The maximum atomic E-state index is 12.0. The number of carbonyl (C=O) groups excluding carboxylic acids is 1. The van der Waals surface area contributed by atoms with Crippen molar-refractivity contribution in [1.82, 2.24) is 0 Å². The minimum absolute atomic E-state index is 0.0624. The van der Waals surface area contributed by atoms with Gasteiger partial charge in [0, 0.05) is 0 Å². The van der Waals surface area contributed by atoms with E-state index in [2.05, 4.69) is 0 Å². The first-order chi connectivity index (χ1) is 8.29. The van der Waals surface area contributed by atoms with E-state index in [1.54, 1.807) is 0 Å². The number of nitrogens with two attached hydrogens (primary N) is 1. The predicted octanol–water partition coefficient (Wildman–Crippen LogP) is 2.63. The van der Waals surface area contributed by atoms with Gasteiger partial charge in [-0.2, -0.15) is 0 Å².